The van der Waals surface area contributed by atoms with Crippen LogP contribution in [0.15, 0.2) is 229 Å². The molecule has 0 saturated carbocycles. The van der Waals surface area contributed by atoms with Crippen LogP contribution in [0.3, 0.4) is 0 Å². The van der Waals surface area contributed by atoms with Gasteiger partial charge in [-0.15, -0.1) is 0 Å². The minimum absolute atomic E-state index is 0.624. The second-order valence-electron chi connectivity index (χ2n) is 15.5. The summed E-state index contributed by atoms with van der Waals surface area (Å²) < 4.78 is 8.81. The molecular formula is C57H37N3O. The molecule has 0 radical (unpaired) electrons. The van der Waals surface area contributed by atoms with Crippen molar-refractivity contribution >= 4 is 71.5 Å². The van der Waals surface area contributed by atoms with Gasteiger partial charge in [0.2, 0.25) is 5.89 Å². The molecule has 12 aromatic rings. The van der Waals surface area contributed by atoms with Crippen molar-refractivity contribution in [1.29, 1.82) is 0 Å². The number of hydrogen-bond donors (Lipinski definition) is 0. The van der Waals surface area contributed by atoms with Gasteiger partial charge in [0.1, 0.15) is 5.52 Å². The Kier molecular flexibility index (Phi) is 8.13. The first-order chi connectivity index (χ1) is 30.2. The van der Waals surface area contributed by atoms with Gasteiger partial charge in [-0.1, -0.05) is 152 Å². The Hall–Kier alpha value is -8.21. The van der Waals surface area contributed by atoms with E-state index >= 15 is 0 Å². The smallest absolute Gasteiger partial charge is 0.227 e. The highest BCUT2D eigenvalue weighted by atomic mass is 16.3. The van der Waals surface area contributed by atoms with Gasteiger partial charge in [0.05, 0.1) is 11.0 Å². The molecule has 4 nitrogen and oxygen atoms in total. The SMILES string of the molecule is c1ccc(-c2nc3cc(-c4ccc(N(c5ccc(-c6cccc7ccccc67)cc5)c5ccc6c7ccccc7n(-c7ccccc7)c6c5)cc4)c4ccccc4c3o2)cc1. The predicted octanol–water partition coefficient (Wildman–Crippen LogP) is 15.7. The summed E-state index contributed by atoms with van der Waals surface area (Å²) in [6.45, 7) is 0. The van der Waals surface area contributed by atoms with Crippen LogP contribution in [0, 0.1) is 0 Å². The molecule has 0 aliphatic heterocycles. The highest BCUT2D eigenvalue weighted by molar-refractivity contribution is 6.12. The lowest BCUT2D eigenvalue weighted by Crippen LogP contribution is -2.10. The minimum Gasteiger partial charge on any atom is -0.435 e. The van der Waals surface area contributed by atoms with Crippen LogP contribution in [-0.4, -0.2) is 9.55 Å². The van der Waals surface area contributed by atoms with Crippen LogP contribution in [-0.2, 0) is 0 Å². The predicted molar refractivity (Wildman–Crippen MR) is 254 cm³/mol. The van der Waals surface area contributed by atoms with Crippen molar-refractivity contribution in [3.05, 3.63) is 224 Å². The fourth-order valence-electron chi connectivity index (χ4n) is 9.15. The lowest BCUT2D eigenvalue weighted by Gasteiger charge is -2.26. The van der Waals surface area contributed by atoms with Crippen molar-refractivity contribution in [2.24, 2.45) is 0 Å². The third kappa shape index (κ3) is 5.88. The molecule has 0 spiro atoms. The Morgan fingerprint density at radius 3 is 1.70 bits per heavy atom. The molecule has 2 heterocycles. The zero-order valence-corrected chi connectivity index (χ0v) is 33.1. The van der Waals surface area contributed by atoms with E-state index < -0.39 is 0 Å². The monoisotopic (exact) mass is 779 g/mol. The van der Waals surface area contributed by atoms with E-state index in [1.165, 1.54) is 38.2 Å². The van der Waals surface area contributed by atoms with Gasteiger partial charge in [-0.05, 0) is 111 Å². The number of benzene rings is 10. The van der Waals surface area contributed by atoms with Gasteiger partial charge in [-0.2, -0.15) is 0 Å². The van der Waals surface area contributed by atoms with Crippen molar-refractivity contribution in [1.82, 2.24) is 9.55 Å². The Morgan fingerprint density at radius 2 is 0.951 bits per heavy atom. The minimum atomic E-state index is 0.624. The van der Waals surface area contributed by atoms with Crippen LogP contribution in [0.25, 0.3) is 93.8 Å². The topological polar surface area (TPSA) is 34.2 Å². The highest BCUT2D eigenvalue weighted by Crippen LogP contribution is 2.42. The quantitative estimate of drug-likeness (QED) is 0.162. The third-order valence-corrected chi connectivity index (χ3v) is 12.0. The molecule has 286 valence electrons. The van der Waals surface area contributed by atoms with Crippen LogP contribution < -0.4 is 4.90 Å². The van der Waals surface area contributed by atoms with E-state index in [4.69, 9.17) is 9.40 Å². The van der Waals surface area contributed by atoms with Gasteiger partial charge in [0.25, 0.3) is 0 Å². The van der Waals surface area contributed by atoms with E-state index in [0.29, 0.717) is 5.89 Å². The fraction of sp³-hybridized carbons (Fsp3) is 0. The third-order valence-electron chi connectivity index (χ3n) is 12.0. The molecular weight excluding hydrogens is 743 g/mol. The molecule has 0 N–H and O–H groups in total. The molecule has 0 fully saturated rings. The Bertz CT molecular complexity index is 3560. The molecule has 0 saturated heterocycles. The molecule has 0 bridgehead atoms. The molecule has 12 rings (SSSR count). The summed E-state index contributed by atoms with van der Waals surface area (Å²) in [6.07, 6.45) is 0. The molecule has 61 heavy (non-hydrogen) atoms. The molecule has 0 aliphatic carbocycles. The lowest BCUT2D eigenvalue weighted by atomic mass is 9.97. The van der Waals surface area contributed by atoms with Gasteiger partial charge >= 0.3 is 0 Å². The number of oxazole rings is 1. The van der Waals surface area contributed by atoms with Crippen molar-refractivity contribution in [3.8, 4) is 39.4 Å². The van der Waals surface area contributed by atoms with Gasteiger partial charge in [-0.3, -0.25) is 0 Å². The summed E-state index contributed by atoms with van der Waals surface area (Å²) in [7, 11) is 0. The summed E-state index contributed by atoms with van der Waals surface area (Å²) in [5.41, 5.74) is 13.9. The second kappa shape index (κ2) is 14.3. The zero-order valence-electron chi connectivity index (χ0n) is 33.1. The van der Waals surface area contributed by atoms with E-state index in [1.54, 1.807) is 0 Å². The maximum absolute atomic E-state index is 6.43. The van der Waals surface area contributed by atoms with E-state index in [2.05, 4.69) is 204 Å². The Balaban J connectivity index is 1.01. The first-order valence-electron chi connectivity index (χ1n) is 20.7. The van der Waals surface area contributed by atoms with Crippen LogP contribution in [0.1, 0.15) is 0 Å². The standard InChI is InChI=1S/C57H37N3O/c1-3-15-41(16-4-1)57-58-53-37-52(48-21-9-10-23-51(48)56(53)61-57)40-28-32-44(33-29-40)59(43-30-26-39(27-31-43)47-24-13-17-38-14-7-8-20-46(38)47)45-34-35-50-49-22-11-12-25-54(49)60(55(50)36-45)42-18-5-2-6-19-42/h1-37H. The van der Waals surface area contributed by atoms with Crippen molar-refractivity contribution in [3.63, 3.8) is 0 Å². The van der Waals surface area contributed by atoms with E-state index in [9.17, 15) is 0 Å². The van der Waals surface area contributed by atoms with Crippen LogP contribution in [0.4, 0.5) is 17.1 Å². The zero-order chi connectivity index (χ0) is 40.3. The summed E-state index contributed by atoms with van der Waals surface area (Å²) >= 11 is 0. The molecule has 0 amide bonds. The number of para-hydroxylation sites is 2. The van der Waals surface area contributed by atoms with Crippen LogP contribution in [0.5, 0.6) is 0 Å². The second-order valence-corrected chi connectivity index (χ2v) is 15.5. The molecule has 0 atom stereocenters. The summed E-state index contributed by atoms with van der Waals surface area (Å²) in [5, 5.41) is 7.10. The number of nitrogens with zero attached hydrogens (tertiary/aromatic N) is 3. The number of hydrogen-bond acceptors (Lipinski definition) is 3. The van der Waals surface area contributed by atoms with Gasteiger partial charge < -0.3 is 13.9 Å². The summed E-state index contributed by atoms with van der Waals surface area (Å²) in [4.78, 5) is 7.35. The highest BCUT2D eigenvalue weighted by Gasteiger charge is 2.20. The van der Waals surface area contributed by atoms with Crippen molar-refractivity contribution in [2.75, 3.05) is 4.90 Å². The number of anilines is 3. The van der Waals surface area contributed by atoms with Crippen LogP contribution >= 0.6 is 0 Å². The van der Waals surface area contributed by atoms with Crippen molar-refractivity contribution in [2.45, 2.75) is 0 Å². The first-order valence-corrected chi connectivity index (χ1v) is 20.7. The lowest BCUT2D eigenvalue weighted by molar-refractivity contribution is 0.623. The van der Waals surface area contributed by atoms with Gasteiger partial charge in [0, 0.05) is 44.5 Å². The van der Waals surface area contributed by atoms with Gasteiger partial charge in [-0.25, -0.2) is 4.98 Å². The van der Waals surface area contributed by atoms with Crippen molar-refractivity contribution < 1.29 is 4.42 Å². The average Bonchev–Trinajstić information content (AvgIpc) is 3.92. The van der Waals surface area contributed by atoms with Crippen LogP contribution in [0.2, 0.25) is 0 Å². The normalized spacial score (nSPS) is 11.6. The maximum atomic E-state index is 6.43. The number of rotatable bonds is 7. The average molecular weight is 780 g/mol. The van der Waals surface area contributed by atoms with E-state index in [0.717, 1.165) is 66.8 Å². The fourth-order valence-corrected chi connectivity index (χ4v) is 9.15. The number of aromatic nitrogens is 2. The molecule has 0 unspecified atom stereocenters. The first kappa shape index (κ1) is 34.8. The Labute approximate surface area is 352 Å². The largest absolute Gasteiger partial charge is 0.435 e. The molecule has 2 aromatic heterocycles. The maximum Gasteiger partial charge on any atom is 0.227 e. The number of fused-ring (bicyclic) bond motifs is 7. The summed E-state index contributed by atoms with van der Waals surface area (Å²) in [5.74, 6) is 0.624. The van der Waals surface area contributed by atoms with E-state index in [-0.39, 0.29) is 0 Å². The molecule has 4 heteroatoms. The summed E-state index contributed by atoms with van der Waals surface area (Å²) in [6, 6.07) is 80.0. The Morgan fingerprint density at radius 1 is 0.377 bits per heavy atom. The van der Waals surface area contributed by atoms with Gasteiger partial charge in [0.15, 0.2) is 5.58 Å². The molecule has 10 aromatic carbocycles. The van der Waals surface area contributed by atoms with E-state index in [1.807, 2.05) is 30.3 Å². The molecule has 0 aliphatic rings.